The van der Waals surface area contributed by atoms with E-state index in [1.807, 2.05) is 6.08 Å². The lowest BCUT2D eigenvalue weighted by Crippen LogP contribution is -2.26. The average molecular weight is 305 g/mol. The van der Waals surface area contributed by atoms with Gasteiger partial charge in [-0.2, -0.15) is 0 Å². The summed E-state index contributed by atoms with van der Waals surface area (Å²) in [4.78, 5) is 0. The minimum atomic E-state index is 0.718. The van der Waals surface area contributed by atoms with Gasteiger partial charge < -0.3 is 4.74 Å². The van der Waals surface area contributed by atoms with Crippen molar-refractivity contribution < 1.29 is 4.74 Å². The van der Waals surface area contributed by atoms with Crippen LogP contribution in [0.15, 0.2) is 24.8 Å². The highest BCUT2D eigenvalue weighted by Crippen LogP contribution is 2.41. The van der Waals surface area contributed by atoms with Gasteiger partial charge in [-0.1, -0.05) is 31.6 Å². The normalized spacial score (nSPS) is 33.1. The number of rotatable bonds is 8. The first-order valence-corrected chi connectivity index (χ1v) is 9.68. The SMILES string of the molecule is C=CCOC[C@H]1CC[C@H]([C@H]2CC[C@H](C=CCCC)CC2)CC1. The third-order valence-electron chi connectivity index (χ3n) is 5.83. The summed E-state index contributed by atoms with van der Waals surface area (Å²) in [5, 5.41) is 0. The van der Waals surface area contributed by atoms with Gasteiger partial charge in [-0.05, 0) is 81.5 Å². The Labute approximate surface area is 138 Å². The molecule has 0 saturated heterocycles. The van der Waals surface area contributed by atoms with Crippen molar-refractivity contribution in [2.24, 2.45) is 23.7 Å². The molecule has 0 aliphatic heterocycles. The monoisotopic (exact) mass is 304 g/mol. The lowest BCUT2D eigenvalue weighted by Gasteiger charge is -2.37. The van der Waals surface area contributed by atoms with Gasteiger partial charge in [0.15, 0.2) is 0 Å². The van der Waals surface area contributed by atoms with E-state index in [1.165, 1.54) is 64.2 Å². The molecule has 0 heterocycles. The van der Waals surface area contributed by atoms with E-state index in [9.17, 15) is 0 Å². The highest BCUT2D eigenvalue weighted by atomic mass is 16.5. The second kappa shape index (κ2) is 10.3. The van der Waals surface area contributed by atoms with Gasteiger partial charge in [-0.3, -0.25) is 0 Å². The van der Waals surface area contributed by atoms with Crippen LogP contribution in [0.25, 0.3) is 0 Å². The topological polar surface area (TPSA) is 9.23 Å². The van der Waals surface area contributed by atoms with Crippen LogP contribution < -0.4 is 0 Å². The lowest BCUT2D eigenvalue weighted by atomic mass is 9.69. The first kappa shape index (κ1) is 17.8. The van der Waals surface area contributed by atoms with Crippen molar-refractivity contribution in [1.82, 2.24) is 0 Å². The molecule has 0 aromatic rings. The maximum atomic E-state index is 5.64. The number of allylic oxidation sites excluding steroid dienone is 2. The van der Waals surface area contributed by atoms with Crippen LogP contribution >= 0.6 is 0 Å². The fourth-order valence-electron chi connectivity index (χ4n) is 4.41. The zero-order valence-corrected chi connectivity index (χ0v) is 14.6. The Kier molecular flexibility index (Phi) is 8.30. The van der Waals surface area contributed by atoms with Crippen LogP contribution in [0.1, 0.15) is 71.1 Å². The second-order valence-electron chi connectivity index (χ2n) is 7.50. The summed E-state index contributed by atoms with van der Waals surface area (Å²) in [5.41, 5.74) is 0. The van der Waals surface area contributed by atoms with Gasteiger partial charge in [0.2, 0.25) is 0 Å². The lowest BCUT2D eigenvalue weighted by molar-refractivity contribution is 0.0800. The highest BCUT2D eigenvalue weighted by molar-refractivity contribution is 4.92. The molecular weight excluding hydrogens is 268 g/mol. The van der Waals surface area contributed by atoms with Crippen molar-refractivity contribution in [2.45, 2.75) is 71.1 Å². The smallest absolute Gasteiger partial charge is 0.0644 e. The standard InChI is InChI=1S/C21H36O/c1-3-5-6-7-18-8-12-20(13-9-18)21-14-10-19(11-15-21)17-22-16-4-2/h4,6-7,18-21H,2-3,5,8-17H2,1H3/t18-,19-,20-,21-. The summed E-state index contributed by atoms with van der Waals surface area (Å²) in [6.07, 6.45) is 20.8. The van der Waals surface area contributed by atoms with E-state index in [0.29, 0.717) is 0 Å². The van der Waals surface area contributed by atoms with E-state index in [-0.39, 0.29) is 0 Å². The van der Waals surface area contributed by atoms with Crippen molar-refractivity contribution in [2.75, 3.05) is 13.2 Å². The fraction of sp³-hybridized carbons (Fsp3) is 0.810. The molecule has 1 heteroatoms. The summed E-state index contributed by atoms with van der Waals surface area (Å²) in [6.45, 7) is 7.65. The molecule has 22 heavy (non-hydrogen) atoms. The zero-order chi connectivity index (χ0) is 15.6. The van der Waals surface area contributed by atoms with E-state index < -0.39 is 0 Å². The number of hydrogen-bond acceptors (Lipinski definition) is 1. The second-order valence-corrected chi connectivity index (χ2v) is 7.50. The van der Waals surface area contributed by atoms with E-state index in [1.54, 1.807) is 0 Å². The molecule has 2 saturated carbocycles. The molecule has 1 nitrogen and oxygen atoms in total. The quantitative estimate of drug-likeness (QED) is 0.385. The van der Waals surface area contributed by atoms with Gasteiger partial charge in [0.1, 0.15) is 0 Å². The van der Waals surface area contributed by atoms with Crippen LogP contribution in [0.3, 0.4) is 0 Å². The summed E-state index contributed by atoms with van der Waals surface area (Å²) in [6, 6.07) is 0. The van der Waals surface area contributed by atoms with Gasteiger partial charge in [0.05, 0.1) is 6.61 Å². The summed E-state index contributed by atoms with van der Waals surface area (Å²) in [7, 11) is 0. The molecule has 0 aromatic carbocycles. The fourth-order valence-corrected chi connectivity index (χ4v) is 4.41. The maximum absolute atomic E-state index is 5.64. The molecule has 0 amide bonds. The summed E-state index contributed by atoms with van der Waals surface area (Å²) >= 11 is 0. The predicted octanol–water partition coefficient (Wildman–Crippen LogP) is 6.16. The highest BCUT2D eigenvalue weighted by Gasteiger charge is 2.30. The van der Waals surface area contributed by atoms with Crippen LogP contribution in [0.2, 0.25) is 0 Å². The van der Waals surface area contributed by atoms with Gasteiger partial charge in [-0.15, -0.1) is 6.58 Å². The van der Waals surface area contributed by atoms with Gasteiger partial charge in [0, 0.05) is 6.61 Å². The summed E-state index contributed by atoms with van der Waals surface area (Å²) < 4.78 is 5.64. The van der Waals surface area contributed by atoms with Gasteiger partial charge >= 0.3 is 0 Å². The first-order chi connectivity index (χ1) is 10.8. The Hall–Kier alpha value is -0.560. The minimum absolute atomic E-state index is 0.718. The molecule has 0 unspecified atom stereocenters. The molecule has 126 valence electrons. The molecule has 2 fully saturated rings. The minimum Gasteiger partial charge on any atom is -0.377 e. The van der Waals surface area contributed by atoms with Crippen LogP contribution in [-0.2, 0) is 4.74 Å². The van der Waals surface area contributed by atoms with E-state index >= 15 is 0 Å². The number of hydrogen-bond donors (Lipinski definition) is 0. The molecule has 2 aliphatic rings. The van der Waals surface area contributed by atoms with Crippen molar-refractivity contribution in [3.63, 3.8) is 0 Å². The van der Waals surface area contributed by atoms with E-state index in [0.717, 1.165) is 36.9 Å². The third kappa shape index (κ3) is 5.91. The van der Waals surface area contributed by atoms with Crippen molar-refractivity contribution in [3.05, 3.63) is 24.8 Å². The Balaban J connectivity index is 1.63. The number of unbranched alkanes of at least 4 members (excludes halogenated alkanes) is 1. The van der Waals surface area contributed by atoms with Crippen LogP contribution in [-0.4, -0.2) is 13.2 Å². The maximum Gasteiger partial charge on any atom is 0.0644 e. The van der Waals surface area contributed by atoms with Crippen molar-refractivity contribution >= 4 is 0 Å². The Morgan fingerprint density at radius 3 is 2.18 bits per heavy atom. The molecule has 0 radical (unpaired) electrons. The first-order valence-electron chi connectivity index (χ1n) is 9.68. The van der Waals surface area contributed by atoms with Gasteiger partial charge in [-0.25, -0.2) is 0 Å². The molecule has 0 bridgehead atoms. The van der Waals surface area contributed by atoms with Crippen LogP contribution in [0.5, 0.6) is 0 Å². The number of ether oxygens (including phenoxy) is 1. The molecule has 2 aliphatic carbocycles. The molecule has 0 atom stereocenters. The third-order valence-corrected chi connectivity index (χ3v) is 5.83. The zero-order valence-electron chi connectivity index (χ0n) is 14.6. The van der Waals surface area contributed by atoms with Crippen molar-refractivity contribution in [3.8, 4) is 0 Å². The predicted molar refractivity (Wildman–Crippen MR) is 96.0 cm³/mol. The average Bonchev–Trinajstić information content (AvgIpc) is 2.57. The molecule has 0 aromatic heterocycles. The van der Waals surface area contributed by atoms with E-state index in [4.69, 9.17) is 4.74 Å². The summed E-state index contributed by atoms with van der Waals surface area (Å²) in [5.74, 6) is 3.72. The van der Waals surface area contributed by atoms with Crippen LogP contribution in [0, 0.1) is 23.7 Å². The largest absolute Gasteiger partial charge is 0.377 e. The molecule has 0 spiro atoms. The molecule has 0 N–H and O–H groups in total. The van der Waals surface area contributed by atoms with Gasteiger partial charge in [0.25, 0.3) is 0 Å². The molecular formula is C21H36O. The Bertz CT molecular complexity index is 317. The van der Waals surface area contributed by atoms with Crippen molar-refractivity contribution in [1.29, 1.82) is 0 Å². The molecule has 2 rings (SSSR count). The Morgan fingerprint density at radius 2 is 1.59 bits per heavy atom. The van der Waals surface area contributed by atoms with Crippen LogP contribution in [0.4, 0.5) is 0 Å². The Morgan fingerprint density at radius 1 is 0.955 bits per heavy atom. The van der Waals surface area contributed by atoms with E-state index in [2.05, 4.69) is 25.7 Å².